The maximum Gasteiger partial charge on any atom is 0.0540 e. The van der Waals surface area contributed by atoms with Gasteiger partial charge in [0.25, 0.3) is 0 Å². The summed E-state index contributed by atoms with van der Waals surface area (Å²) in [6, 6.07) is 0. The number of hydrogen-bond acceptors (Lipinski definition) is 2. The minimum Gasteiger partial charge on any atom is -0.403 e. The van der Waals surface area contributed by atoms with Crippen molar-refractivity contribution < 1.29 is 5.11 Å². The third-order valence-electron chi connectivity index (χ3n) is 1.64. The number of nitrogens with two attached hydrogens (primary N) is 1. The SMILES string of the molecule is C/C(N)=C\CC(C)[C@H](C)O. The van der Waals surface area contributed by atoms with Gasteiger partial charge in [0.2, 0.25) is 0 Å². The van der Waals surface area contributed by atoms with Crippen LogP contribution in [0, 0.1) is 5.92 Å². The van der Waals surface area contributed by atoms with Gasteiger partial charge in [-0.3, -0.25) is 0 Å². The highest BCUT2D eigenvalue weighted by Crippen LogP contribution is 2.08. The zero-order chi connectivity index (χ0) is 8.15. The topological polar surface area (TPSA) is 46.2 Å². The first-order valence-electron chi connectivity index (χ1n) is 3.64. The monoisotopic (exact) mass is 143 g/mol. The van der Waals surface area contributed by atoms with Gasteiger partial charge in [0.05, 0.1) is 6.10 Å². The first-order valence-corrected chi connectivity index (χ1v) is 3.64. The molecule has 2 atom stereocenters. The van der Waals surface area contributed by atoms with Crippen LogP contribution in [0.2, 0.25) is 0 Å². The zero-order valence-electron chi connectivity index (χ0n) is 6.96. The van der Waals surface area contributed by atoms with Crippen LogP contribution in [0.1, 0.15) is 27.2 Å². The summed E-state index contributed by atoms with van der Waals surface area (Å²) in [4.78, 5) is 0. The van der Waals surface area contributed by atoms with E-state index in [-0.39, 0.29) is 6.10 Å². The molecule has 10 heavy (non-hydrogen) atoms. The number of hydrogen-bond donors (Lipinski definition) is 2. The minimum atomic E-state index is -0.240. The minimum absolute atomic E-state index is 0.240. The smallest absolute Gasteiger partial charge is 0.0540 e. The Morgan fingerprint density at radius 2 is 2.10 bits per heavy atom. The van der Waals surface area contributed by atoms with E-state index in [1.165, 1.54) is 0 Å². The molecule has 0 radical (unpaired) electrons. The van der Waals surface area contributed by atoms with E-state index in [4.69, 9.17) is 10.8 Å². The van der Waals surface area contributed by atoms with Crippen molar-refractivity contribution in [2.75, 3.05) is 0 Å². The molecular formula is C8H17NO. The predicted molar refractivity (Wildman–Crippen MR) is 43.4 cm³/mol. The van der Waals surface area contributed by atoms with E-state index in [0.29, 0.717) is 5.92 Å². The van der Waals surface area contributed by atoms with Gasteiger partial charge in [-0.2, -0.15) is 0 Å². The number of aliphatic hydroxyl groups excluding tert-OH is 1. The van der Waals surface area contributed by atoms with Crippen LogP contribution in [0.25, 0.3) is 0 Å². The molecule has 1 unspecified atom stereocenters. The lowest BCUT2D eigenvalue weighted by molar-refractivity contribution is 0.136. The molecule has 0 bridgehead atoms. The summed E-state index contributed by atoms with van der Waals surface area (Å²) >= 11 is 0. The molecule has 0 saturated heterocycles. The Morgan fingerprint density at radius 3 is 2.40 bits per heavy atom. The highest BCUT2D eigenvalue weighted by molar-refractivity contribution is 4.92. The molecule has 0 fully saturated rings. The summed E-state index contributed by atoms with van der Waals surface area (Å²) in [5.41, 5.74) is 6.25. The van der Waals surface area contributed by atoms with Crippen LogP contribution in [-0.2, 0) is 0 Å². The Balaban J connectivity index is 3.59. The van der Waals surface area contributed by atoms with Gasteiger partial charge in [-0.15, -0.1) is 0 Å². The maximum atomic E-state index is 9.06. The second kappa shape index (κ2) is 4.34. The molecule has 0 heterocycles. The van der Waals surface area contributed by atoms with Crippen LogP contribution in [0.4, 0.5) is 0 Å². The molecule has 0 aliphatic rings. The van der Waals surface area contributed by atoms with E-state index in [1.807, 2.05) is 19.9 Å². The van der Waals surface area contributed by atoms with Gasteiger partial charge in [-0.1, -0.05) is 13.0 Å². The zero-order valence-corrected chi connectivity index (χ0v) is 6.96. The molecule has 2 nitrogen and oxygen atoms in total. The van der Waals surface area contributed by atoms with Crippen LogP contribution in [0.5, 0.6) is 0 Å². The summed E-state index contributed by atoms with van der Waals surface area (Å²) in [6.45, 7) is 5.66. The molecule has 60 valence electrons. The molecule has 3 N–H and O–H groups in total. The van der Waals surface area contributed by atoms with Crippen molar-refractivity contribution in [1.29, 1.82) is 0 Å². The first kappa shape index (κ1) is 9.50. The Labute approximate surface area is 62.7 Å². The maximum absolute atomic E-state index is 9.06. The van der Waals surface area contributed by atoms with Crippen molar-refractivity contribution in [3.63, 3.8) is 0 Å². The quantitative estimate of drug-likeness (QED) is 0.624. The average molecular weight is 143 g/mol. The van der Waals surface area contributed by atoms with Gasteiger partial charge in [0, 0.05) is 5.70 Å². The van der Waals surface area contributed by atoms with Crippen molar-refractivity contribution in [2.45, 2.75) is 33.3 Å². The van der Waals surface area contributed by atoms with Gasteiger partial charge < -0.3 is 10.8 Å². The average Bonchev–Trinajstić information content (AvgIpc) is 1.82. The fourth-order valence-electron chi connectivity index (χ4n) is 0.569. The molecule has 0 spiro atoms. The Hall–Kier alpha value is -0.500. The summed E-state index contributed by atoms with van der Waals surface area (Å²) in [6.07, 6.45) is 2.56. The van der Waals surface area contributed by atoms with Gasteiger partial charge in [-0.25, -0.2) is 0 Å². The molecule has 0 aliphatic carbocycles. The van der Waals surface area contributed by atoms with Crippen molar-refractivity contribution in [2.24, 2.45) is 11.7 Å². The third kappa shape index (κ3) is 4.39. The standard InChI is InChI=1S/C8H17NO/c1-6(8(3)10)4-5-7(2)9/h5-6,8,10H,4,9H2,1-3H3/b7-5+/t6?,8-/m0/s1. The molecule has 0 aromatic heterocycles. The predicted octanol–water partition coefficient (Wildman–Crippen LogP) is 1.26. The second-order valence-electron chi connectivity index (χ2n) is 2.90. The van der Waals surface area contributed by atoms with Crippen LogP contribution < -0.4 is 5.73 Å². The van der Waals surface area contributed by atoms with Crippen molar-refractivity contribution >= 4 is 0 Å². The highest BCUT2D eigenvalue weighted by Gasteiger charge is 2.05. The molecule has 0 amide bonds. The summed E-state index contributed by atoms with van der Waals surface area (Å²) in [5.74, 6) is 0.304. The van der Waals surface area contributed by atoms with E-state index in [2.05, 4.69) is 0 Å². The Bertz CT molecular complexity index is 114. The molecule has 0 saturated carbocycles. The van der Waals surface area contributed by atoms with Crippen LogP contribution in [0.3, 0.4) is 0 Å². The molecule has 2 heteroatoms. The molecule has 0 aliphatic heterocycles. The lowest BCUT2D eigenvalue weighted by atomic mass is 10.0. The van der Waals surface area contributed by atoms with E-state index in [1.54, 1.807) is 6.92 Å². The fourth-order valence-corrected chi connectivity index (χ4v) is 0.569. The Morgan fingerprint density at radius 1 is 1.60 bits per heavy atom. The first-order chi connectivity index (χ1) is 4.54. The molecule has 0 aromatic rings. The normalized spacial score (nSPS) is 18.6. The van der Waals surface area contributed by atoms with Crippen LogP contribution in [0.15, 0.2) is 11.8 Å². The van der Waals surface area contributed by atoms with Crippen molar-refractivity contribution in [3.8, 4) is 0 Å². The Kier molecular flexibility index (Phi) is 4.12. The molecule has 0 aromatic carbocycles. The van der Waals surface area contributed by atoms with Gasteiger partial charge >= 0.3 is 0 Å². The lowest BCUT2D eigenvalue weighted by Crippen LogP contribution is -2.12. The summed E-state index contributed by atoms with van der Waals surface area (Å²) < 4.78 is 0. The van der Waals surface area contributed by atoms with E-state index >= 15 is 0 Å². The third-order valence-corrected chi connectivity index (χ3v) is 1.64. The highest BCUT2D eigenvalue weighted by atomic mass is 16.3. The lowest BCUT2D eigenvalue weighted by Gasteiger charge is -2.11. The summed E-state index contributed by atoms with van der Waals surface area (Å²) in [7, 11) is 0. The van der Waals surface area contributed by atoms with Crippen molar-refractivity contribution in [1.82, 2.24) is 0 Å². The van der Waals surface area contributed by atoms with E-state index in [0.717, 1.165) is 12.1 Å². The molecule has 0 rings (SSSR count). The van der Waals surface area contributed by atoms with E-state index < -0.39 is 0 Å². The van der Waals surface area contributed by atoms with E-state index in [9.17, 15) is 0 Å². The number of rotatable bonds is 3. The van der Waals surface area contributed by atoms with Crippen molar-refractivity contribution in [3.05, 3.63) is 11.8 Å². The number of allylic oxidation sites excluding steroid dienone is 2. The number of aliphatic hydroxyl groups is 1. The second-order valence-corrected chi connectivity index (χ2v) is 2.90. The molecular weight excluding hydrogens is 126 g/mol. The largest absolute Gasteiger partial charge is 0.403 e. The van der Waals surface area contributed by atoms with Crippen LogP contribution >= 0.6 is 0 Å². The van der Waals surface area contributed by atoms with Gasteiger partial charge in [0.1, 0.15) is 0 Å². The van der Waals surface area contributed by atoms with Gasteiger partial charge in [0.15, 0.2) is 0 Å². The fraction of sp³-hybridized carbons (Fsp3) is 0.750. The van der Waals surface area contributed by atoms with Crippen LogP contribution in [-0.4, -0.2) is 11.2 Å². The van der Waals surface area contributed by atoms with Gasteiger partial charge in [-0.05, 0) is 26.2 Å². The summed E-state index contributed by atoms with van der Waals surface area (Å²) in [5, 5.41) is 9.06.